The van der Waals surface area contributed by atoms with E-state index in [2.05, 4.69) is 36.4 Å². The number of hydrogen-bond acceptors (Lipinski definition) is 5. The van der Waals surface area contributed by atoms with Gasteiger partial charge in [0, 0.05) is 10.7 Å². The second-order valence-electron chi connectivity index (χ2n) is 4.04. The van der Waals surface area contributed by atoms with Crippen LogP contribution in [0.4, 0.5) is 14.6 Å². The van der Waals surface area contributed by atoms with Gasteiger partial charge in [-0.15, -0.1) is 5.10 Å². The van der Waals surface area contributed by atoms with E-state index in [9.17, 15) is 8.78 Å². The summed E-state index contributed by atoms with van der Waals surface area (Å²) in [5.74, 6) is -1.85. The van der Waals surface area contributed by atoms with Crippen molar-refractivity contribution in [2.45, 2.75) is 0 Å². The number of rotatable bonds is 2. The van der Waals surface area contributed by atoms with E-state index in [1.807, 2.05) is 0 Å². The maximum absolute atomic E-state index is 13.9. The number of benzene rings is 1. The summed E-state index contributed by atoms with van der Waals surface area (Å²) in [6, 6.07) is 5.40. The number of aromatic nitrogens is 5. The molecule has 21 heavy (non-hydrogen) atoms. The summed E-state index contributed by atoms with van der Waals surface area (Å²) in [5.41, 5.74) is 6.08. The van der Waals surface area contributed by atoms with Crippen LogP contribution in [-0.2, 0) is 0 Å². The molecule has 0 aliphatic heterocycles. The van der Waals surface area contributed by atoms with E-state index in [0.717, 1.165) is 6.07 Å². The molecule has 2 heterocycles. The minimum Gasteiger partial charge on any atom is -0.382 e. The van der Waals surface area contributed by atoms with Crippen molar-refractivity contribution in [1.29, 1.82) is 0 Å². The molecule has 9 heteroatoms. The summed E-state index contributed by atoms with van der Waals surface area (Å²) in [5, 5.41) is 11.0. The van der Waals surface area contributed by atoms with Crippen LogP contribution < -0.4 is 5.73 Å². The summed E-state index contributed by atoms with van der Waals surface area (Å²) in [7, 11) is 0. The van der Waals surface area contributed by atoms with Gasteiger partial charge in [0.2, 0.25) is 0 Å². The molecule has 0 bridgehead atoms. The zero-order valence-corrected chi connectivity index (χ0v) is 11.9. The molecule has 1 aromatic carbocycles. The van der Waals surface area contributed by atoms with Crippen LogP contribution in [0.3, 0.4) is 0 Å². The zero-order valence-electron chi connectivity index (χ0n) is 10.3. The molecule has 0 amide bonds. The zero-order chi connectivity index (χ0) is 15.0. The number of pyridine rings is 1. The minimum atomic E-state index is -1.04. The summed E-state index contributed by atoms with van der Waals surface area (Å²) < 4.78 is 29.1. The molecule has 2 aromatic heterocycles. The van der Waals surface area contributed by atoms with Gasteiger partial charge in [0.1, 0.15) is 5.69 Å². The lowest BCUT2D eigenvalue weighted by Gasteiger charge is -2.09. The lowest BCUT2D eigenvalue weighted by Crippen LogP contribution is -2.07. The molecule has 0 unspecified atom stereocenters. The van der Waals surface area contributed by atoms with Crippen molar-refractivity contribution < 1.29 is 8.78 Å². The molecule has 0 saturated carbocycles. The molecule has 0 radical (unpaired) electrons. The molecule has 0 aliphatic carbocycles. The second kappa shape index (κ2) is 5.17. The number of tetrazole rings is 1. The fourth-order valence-corrected chi connectivity index (χ4v) is 2.33. The lowest BCUT2D eigenvalue weighted by atomic mass is 10.2. The van der Waals surface area contributed by atoms with E-state index in [0.29, 0.717) is 10.2 Å². The van der Waals surface area contributed by atoms with E-state index in [4.69, 9.17) is 5.73 Å². The SMILES string of the molecule is Nc1nccc(Br)c1-n1nnnc1-c1cccc(F)c1F. The van der Waals surface area contributed by atoms with Crippen molar-refractivity contribution in [3.63, 3.8) is 0 Å². The van der Waals surface area contributed by atoms with E-state index in [1.165, 1.54) is 23.0 Å². The molecule has 0 aliphatic rings. The molecule has 2 N–H and O–H groups in total. The van der Waals surface area contributed by atoms with Gasteiger partial charge in [0.15, 0.2) is 23.3 Å². The first-order valence-corrected chi connectivity index (χ1v) is 6.52. The minimum absolute atomic E-state index is 0.0207. The van der Waals surface area contributed by atoms with E-state index >= 15 is 0 Å². The molecule has 3 rings (SSSR count). The Bertz CT molecular complexity index is 799. The number of hydrogen-bond donors (Lipinski definition) is 1. The first-order chi connectivity index (χ1) is 10.1. The van der Waals surface area contributed by atoms with Gasteiger partial charge in [-0.05, 0) is 44.6 Å². The molecule has 0 spiro atoms. The Labute approximate surface area is 125 Å². The Morgan fingerprint density at radius 2 is 2.00 bits per heavy atom. The Balaban J connectivity index is 2.25. The maximum Gasteiger partial charge on any atom is 0.190 e. The molecule has 3 aromatic rings. The van der Waals surface area contributed by atoms with Gasteiger partial charge in [-0.25, -0.2) is 13.8 Å². The second-order valence-corrected chi connectivity index (χ2v) is 4.90. The van der Waals surface area contributed by atoms with Crippen LogP contribution in [0, 0.1) is 11.6 Å². The van der Waals surface area contributed by atoms with Crippen molar-refractivity contribution in [2.24, 2.45) is 0 Å². The molecule has 106 valence electrons. The van der Waals surface area contributed by atoms with Gasteiger partial charge in [0.25, 0.3) is 0 Å². The highest BCUT2D eigenvalue weighted by molar-refractivity contribution is 9.10. The summed E-state index contributed by atoms with van der Waals surface area (Å²) in [6.45, 7) is 0. The third kappa shape index (κ3) is 2.25. The van der Waals surface area contributed by atoms with Crippen molar-refractivity contribution in [3.05, 3.63) is 46.6 Å². The molecular weight excluding hydrogens is 346 g/mol. The maximum atomic E-state index is 13.9. The third-order valence-electron chi connectivity index (χ3n) is 2.78. The van der Waals surface area contributed by atoms with Crippen LogP contribution in [0.1, 0.15) is 0 Å². The standard InChI is InChI=1S/C12H7BrF2N6/c13-7-4-5-17-11(16)10(7)21-12(18-19-20-21)6-2-1-3-8(14)9(6)15/h1-5H,(H2,16,17). The number of anilines is 1. The van der Waals surface area contributed by atoms with Crippen molar-refractivity contribution >= 4 is 21.7 Å². The summed E-state index contributed by atoms with van der Waals surface area (Å²) >= 11 is 3.30. The van der Waals surface area contributed by atoms with Crippen LogP contribution in [0.2, 0.25) is 0 Å². The van der Waals surface area contributed by atoms with Gasteiger partial charge >= 0.3 is 0 Å². The fourth-order valence-electron chi connectivity index (χ4n) is 1.84. The van der Waals surface area contributed by atoms with E-state index in [1.54, 1.807) is 6.07 Å². The molecule has 0 fully saturated rings. The summed E-state index contributed by atoms with van der Waals surface area (Å²) in [6.07, 6.45) is 1.50. The first-order valence-electron chi connectivity index (χ1n) is 5.72. The monoisotopic (exact) mass is 352 g/mol. The normalized spacial score (nSPS) is 10.8. The first kappa shape index (κ1) is 13.6. The highest BCUT2D eigenvalue weighted by Crippen LogP contribution is 2.29. The van der Waals surface area contributed by atoms with Crippen LogP contribution in [0.5, 0.6) is 0 Å². The van der Waals surface area contributed by atoms with E-state index in [-0.39, 0.29) is 17.2 Å². The van der Waals surface area contributed by atoms with Crippen molar-refractivity contribution in [2.75, 3.05) is 5.73 Å². The van der Waals surface area contributed by atoms with Gasteiger partial charge in [-0.1, -0.05) is 6.07 Å². The van der Waals surface area contributed by atoms with Crippen molar-refractivity contribution in [3.8, 4) is 17.1 Å². The smallest absolute Gasteiger partial charge is 0.190 e. The van der Waals surface area contributed by atoms with Gasteiger partial charge in [-0.3, -0.25) is 0 Å². The Hall–Kier alpha value is -2.42. The largest absolute Gasteiger partial charge is 0.382 e. The number of nitrogens with zero attached hydrogens (tertiary/aromatic N) is 5. The predicted molar refractivity (Wildman–Crippen MR) is 74.4 cm³/mol. The quantitative estimate of drug-likeness (QED) is 0.765. The Kier molecular flexibility index (Phi) is 3.34. The average molecular weight is 353 g/mol. The van der Waals surface area contributed by atoms with Gasteiger partial charge in [0.05, 0.1) is 5.56 Å². The third-order valence-corrected chi connectivity index (χ3v) is 3.42. The fraction of sp³-hybridized carbons (Fsp3) is 0. The van der Waals surface area contributed by atoms with Crippen LogP contribution in [0.25, 0.3) is 17.1 Å². The van der Waals surface area contributed by atoms with Crippen LogP contribution in [-0.4, -0.2) is 25.2 Å². The number of halogens is 3. The molecule has 0 atom stereocenters. The lowest BCUT2D eigenvalue weighted by molar-refractivity contribution is 0.510. The highest BCUT2D eigenvalue weighted by Gasteiger charge is 2.20. The van der Waals surface area contributed by atoms with Crippen LogP contribution >= 0.6 is 15.9 Å². The van der Waals surface area contributed by atoms with Crippen LogP contribution in [0.15, 0.2) is 34.9 Å². The van der Waals surface area contributed by atoms with Gasteiger partial charge in [-0.2, -0.15) is 4.68 Å². The topological polar surface area (TPSA) is 82.5 Å². The molecule has 6 nitrogen and oxygen atoms in total. The number of nitrogens with two attached hydrogens (primary N) is 1. The Morgan fingerprint density at radius 3 is 2.76 bits per heavy atom. The number of nitrogen functional groups attached to an aromatic ring is 1. The predicted octanol–water partition coefficient (Wildman–Crippen LogP) is 2.35. The molecular formula is C12H7BrF2N6. The highest BCUT2D eigenvalue weighted by atomic mass is 79.9. The van der Waals surface area contributed by atoms with Crippen molar-refractivity contribution in [1.82, 2.24) is 25.2 Å². The van der Waals surface area contributed by atoms with E-state index < -0.39 is 11.6 Å². The summed E-state index contributed by atoms with van der Waals surface area (Å²) in [4.78, 5) is 3.93. The Morgan fingerprint density at radius 1 is 1.19 bits per heavy atom. The molecule has 0 saturated heterocycles. The average Bonchev–Trinajstić information content (AvgIpc) is 2.91. The van der Waals surface area contributed by atoms with Gasteiger partial charge < -0.3 is 5.73 Å².